The van der Waals surface area contributed by atoms with Crippen LogP contribution < -0.4 is 9.47 Å². The van der Waals surface area contributed by atoms with Crippen LogP contribution in [0.25, 0.3) is 0 Å². The van der Waals surface area contributed by atoms with Crippen LogP contribution in [-0.4, -0.2) is 181 Å². The lowest BCUT2D eigenvalue weighted by Crippen LogP contribution is -2.38. The number of carbonyl (C=O) groups is 2. The molecule has 0 aliphatic carbocycles. The number of ether oxygens (including phenoxy) is 14. The summed E-state index contributed by atoms with van der Waals surface area (Å²) in [6.07, 6.45) is 11.5. The molecule has 0 radical (unpaired) electrons. The molecule has 0 unspecified atom stereocenters. The van der Waals surface area contributed by atoms with Crippen molar-refractivity contribution in [3.8, 4) is 11.5 Å². The summed E-state index contributed by atoms with van der Waals surface area (Å²) in [5, 5.41) is 30.2. The first kappa shape index (κ1) is 91.1. The van der Waals surface area contributed by atoms with Gasteiger partial charge in [-0.1, -0.05) is 140 Å². The molecular weight excluding hydrogens is 1260 g/mol. The summed E-state index contributed by atoms with van der Waals surface area (Å²) in [5.74, 6) is 1.38. The van der Waals surface area contributed by atoms with Crippen LogP contribution in [-0.2, 0) is 103 Å². The van der Waals surface area contributed by atoms with Crippen molar-refractivity contribution < 1.29 is 92.7 Å². The molecule has 0 bridgehead atoms. The Morgan fingerprint density at radius 1 is 0.535 bits per heavy atom. The van der Waals surface area contributed by atoms with E-state index in [1.54, 1.807) is 48.7 Å². The number of carbonyl (C=O) groups excluding carboxylic acids is 2. The Bertz CT molecular complexity index is 2820. The largest absolute Gasteiger partial charge is 0.497 e. The Morgan fingerprint density at radius 2 is 0.960 bits per heavy atom. The Labute approximate surface area is 596 Å². The molecule has 8 atom stereocenters. The quantitative estimate of drug-likeness (QED) is 0.0123. The number of allylic oxidation sites excluding steroid dienone is 1. The van der Waals surface area contributed by atoms with Crippen LogP contribution >= 0.6 is 0 Å². The van der Waals surface area contributed by atoms with Gasteiger partial charge in [0.1, 0.15) is 25.1 Å². The van der Waals surface area contributed by atoms with Gasteiger partial charge in [-0.25, -0.2) is 4.79 Å². The number of methoxy groups -OCH3 is 8. The van der Waals surface area contributed by atoms with E-state index in [0.29, 0.717) is 97.8 Å². The van der Waals surface area contributed by atoms with Gasteiger partial charge in [0.05, 0.1) is 118 Å². The van der Waals surface area contributed by atoms with E-state index >= 15 is 0 Å². The van der Waals surface area contributed by atoms with E-state index in [-0.39, 0.29) is 70.6 Å². The number of aliphatic hydroxyl groups excluding tert-OH is 3. The van der Waals surface area contributed by atoms with Gasteiger partial charge < -0.3 is 81.6 Å². The monoisotopic (exact) mass is 1390 g/mol. The van der Waals surface area contributed by atoms with E-state index in [0.717, 1.165) is 82.4 Å². The maximum Gasteiger partial charge on any atom is 0.330 e. The normalized spacial score (nSPS) is 14.4. The van der Waals surface area contributed by atoms with Crippen LogP contribution in [0.2, 0.25) is 0 Å². The van der Waals surface area contributed by atoms with Gasteiger partial charge in [0.2, 0.25) is 0 Å². The zero-order chi connectivity index (χ0) is 72.7. The lowest BCUT2D eigenvalue weighted by Gasteiger charge is -2.34. The smallest absolute Gasteiger partial charge is 0.330 e. The average molecular weight is 1390 g/mol. The Morgan fingerprint density at radius 3 is 1.34 bits per heavy atom. The van der Waals surface area contributed by atoms with Crippen molar-refractivity contribution in [1.29, 1.82) is 0 Å². The highest BCUT2D eigenvalue weighted by atomic mass is 16.7. The first-order valence-corrected chi connectivity index (χ1v) is 34.2. The minimum absolute atomic E-state index is 0. The van der Waals surface area contributed by atoms with Gasteiger partial charge in [-0.3, -0.25) is 4.79 Å². The molecule has 4 rings (SSSR count). The number of rotatable bonds is 49. The summed E-state index contributed by atoms with van der Waals surface area (Å²) in [6.45, 7) is 21.1. The molecular formula is C80H128O19. The van der Waals surface area contributed by atoms with E-state index < -0.39 is 23.0 Å². The maximum atomic E-state index is 11.6. The van der Waals surface area contributed by atoms with Crippen molar-refractivity contribution in [1.82, 2.24) is 0 Å². The molecule has 19 nitrogen and oxygen atoms in total. The minimum atomic E-state index is -0.690. The van der Waals surface area contributed by atoms with Gasteiger partial charge in [-0.15, -0.1) is 0 Å². The third-order valence-corrected chi connectivity index (χ3v) is 17.6. The molecule has 0 spiro atoms. The molecule has 0 saturated heterocycles. The summed E-state index contributed by atoms with van der Waals surface area (Å²) < 4.78 is 77.7. The topological polar surface area (TPSA) is 224 Å². The van der Waals surface area contributed by atoms with Crippen LogP contribution in [0, 0.1) is 11.8 Å². The average Bonchev–Trinajstić information content (AvgIpc) is 0.820. The van der Waals surface area contributed by atoms with Crippen molar-refractivity contribution >= 4 is 11.9 Å². The van der Waals surface area contributed by atoms with Gasteiger partial charge in [0.25, 0.3) is 0 Å². The highest BCUT2D eigenvalue weighted by Gasteiger charge is 2.35. The lowest BCUT2D eigenvalue weighted by molar-refractivity contribution is -0.140. The predicted octanol–water partition coefficient (Wildman–Crippen LogP) is 13.9. The van der Waals surface area contributed by atoms with Crippen molar-refractivity contribution in [2.24, 2.45) is 11.8 Å². The van der Waals surface area contributed by atoms with Crippen molar-refractivity contribution in [2.45, 2.75) is 188 Å². The summed E-state index contributed by atoms with van der Waals surface area (Å²) >= 11 is 0. The van der Waals surface area contributed by atoms with Crippen LogP contribution in [0.1, 0.15) is 149 Å². The Kier molecular flexibility index (Phi) is 48.8. The fraction of sp³-hybridized carbons (Fsp3) is 0.600. The van der Waals surface area contributed by atoms with E-state index in [1.165, 1.54) is 20.3 Å². The molecule has 0 aliphatic heterocycles. The molecule has 99 heavy (non-hydrogen) atoms. The van der Waals surface area contributed by atoms with Crippen LogP contribution in [0.15, 0.2) is 133 Å². The second kappa shape index (κ2) is 53.0. The van der Waals surface area contributed by atoms with Gasteiger partial charge in [0, 0.05) is 97.8 Å². The van der Waals surface area contributed by atoms with Crippen LogP contribution in [0.4, 0.5) is 0 Å². The second-order valence-corrected chi connectivity index (χ2v) is 25.3. The summed E-state index contributed by atoms with van der Waals surface area (Å²) in [4.78, 5) is 23.0. The third-order valence-electron chi connectivity index (χ3n) is 17.6. The van der Waals surface area contributed by atoms with Gasteiger partial charge >= 0.3 is 11.9 Å². The zero-order valence-electron chi connectivity index (χ0n) is 62.2. The van der Waals surface area contributed by atoms with Crippen molar-refractivity contribution in [3.63, 3.8) is 0 Å². The lowest BCUT2D eigenvalue weighted by atomic mass is 9.76. The first-order chi connectivity index (χ1) is 47.1. The van der Waals surface area contributed by atoms with E-state index in [1.807, 2.05) is 86.6 Å². The molecule has 0 aliphatic rings. The molecule has 4 aromatic carbocycles. The number of aryl methyl sites for hydroxylation is 1. The molecule has 3 N–H and O–H groups in total. The van der Waals surface area contributed by atoms with E-state index in [9.17, 15) is 19.8 Å². The van der Waals surface area contributed by atoms with Crippen LogP contribution in [0.5, 0.6) is 11.5 Å². The number of hydrogen-bond donors (Lipinski definition) is 3. The highest BCUT2D eigenvalue weighted by Crippen LogP contribution is 2.35. The van der Waals surface area contributed by atoms with Crippen LogP contribution in [0.3, 0.4) is 0 Å². The molecule has 0 saturated carbocycles. The van der Waals surface area contributed by atoms with Gasteiger partial charge in [0.15, 0.2) is 0 Å². The number of hydrogen-bond acceptors (Lipinski definition) is 19. The van der Waals surface area contributed by atoms with E-state index in [4.69, 9.17) is 66.7 Å². The molecule has 0 fully saturated rings. The molecule has 4 aromatic rings. The fourth-order valence-electron chi connectivity index (χ4n) is 10.7. The van der Waals surface area contributed by atoms with Crippen molar-refractivity contribution in [2.75, 3.05) is 117 Å². The zero-order valence-corrected chi connectivity index (χ0v) is 62.2. The maximum absolute atomic E-state index is 11.6. The molecule has 0 aromatic heterocycles. The SMILES string of the molecule is C.CC[C@H](/C=C(/C)[C@H](C[C@H](C[C@H](O)C(C)(C)c1cccc(C/C=C/C(=O)OC)c1)OC)OCc1ccc(OC)cc1)COCOCCOC.CC[C@H](/C=C(/C)[C@H](C[C@H](C[C@H](O)C(C)(C)c1cccc(CCCC(=O)OC)c1)OC)OCc1ccc(OC)cc1)COCOCCOC.CO.[2HH]. The third kappa shape index (κ3) is 36.0. The van der Waals surface area contributed by atoms with Crippen molar-refractivity contribution in [3.05, 3.63) is 166 Å². The summed E-state index contributed by atoms with van der Waals surface area (Å²) in [7, 11) is 13.7. The Hall–Kier alpha value is -5.88. The number of benzene rings is 4. The number of esters is 2. The summed E-state index contributed by atoms with van der Waals surface area (Å²) in [5.41, 5.74) is 7.39. The van der Waals surface area contributed by atoms with E-state index in [2.05, 4.69) is 82.7 Å². The van der Waals surface area contributed by atoms with Gasteiger partial charge in [-0.2, -0.15) is 0 Å². The molecule has 19 heteroatoms. The fourth-order valence-corrected chi connectivity index (χ4v) is 10.7. The molecule has 0 amide bonds. The first-order valence-electron chi connectivity index (χ1n) is 34.2. The Balaban J connectivity index is 0.00000188. The molecule has 0 heterocycles. The highest BCUT2D eigenvalue weighted by molar-refractivity contribution is 5.81. The number of aliphatic hydroxyl groups is 3. The summed E-state index contributed by atoms with van der Waals surface area (Å²) in [6, 6.07) is 32.1. The predicted molar refractivity (Wildman–Crippen MR) is 393 cm³/mol. The minimum Gasteiger partial charge on any atom is -0.497 e. The van der Waals surface area contributed by atoms with Gasteiger partial charge in [-0.05, 0) is 115 Å². The molecule has 562 valence electrons. The second-order valence-electron chi connectivity index (χ2n) is 25.3. The standard InChI is InChI=1S/C39H60O9.C39H58O9.CH4O.CH4.H2/c2*1-9-30(26-47-28-46-21-20-42-5)22-29(2)36(48-27-32-16-18-34(43-6)19-17-32)24-35(44-7)25-37(40)39(3,4)33-14-10-12-31(23-33)13-11-15-38(41)45-8;1-2;;/h10,12,14,16-19,22-23,30,35-37,40H,9,11,13,15,20-21,24-28H2,1-8H3;10-12,14-19,22-23,30,35-37,40H,9,13,20-21,24-28H2,1-8H3;2H,1H3;1H4;1H/b29-22-;15-11+,29-22-;;;/t2*30-,35-,36+,37+;;;/m11.../s1/i;;;;1+1.